The van der Waals surface area contributed by atoms with E-state index >= 15 is 0 Å². The Morgan fingerprint density at radius 2 is 1.82 bits per heavy atom. The third-order valence-electron chi connectivity index (χ3n) is 9.47. The second-order valence-electron chi connectivity index (χ2n) is 14.0. The number of carbonyl (C=O) groups is 2. The molecule has 2 saturated heterocycles. The van der Waals surface area contributed by atoms with E-state index < -0.39 is 23.4 Å². The van der Waals surface area contributed by atoms with Crippen LogP contribution in [0.15, 0.2) is 48.8 Å². The Labute approximate surface area is 286 Å². The molecule has 0 bridgehead atoms. The van der Waals surface area contributed by atoms with Crippen molar-refractivity contribution in [3.63, 3.8) is 0 Å². The van der Waals surface area contributed by atoms with E-state index in [0.29, 0.717) is 38.4 Å². The number of benzene rings is 2. The summed E-state index contributed by atoms with van der Waals surface area (Å²) in [7, 11) is 0. The largest absolute Gasteiger partial charge is 0.461 e. The van der Waals surface area contributed by atoms with Crippen molar-refractivity contribution in [1.82, 2.24) is 19.8 Å². The first-order valence-corrected chi connectivity index (χ1v) is 17.0. The summed E-state index contributed by atoms with van der Waals surface area (Å²) >= 11 is 0. The van der Waals surface area contributed by atoms with Crippen LogP contribution in [0.3, 0.4) is 0 Å². The van der Waals surface area contributed by atoms with E-state index in [2.05, 4.69) is 65.8 Å². The molecular weight excluding hydrogens is 625 g/mol. The van der Waals surface area contributed by atoms with E-state index in [-0.39, 0.29) is 37.7 Å². The van der Waals surface area contributed by atoms with Crippen LogP contribution in [0.5, 0.6) is 6.01 Å². The Bertz CT molecular complexity index is 1800. The van der Waals surface area contributed by atoms with Crippen molar-refractivity contribution in [2.24, 2.45) is 0 Å². The Morgan fingerprint density at radius 3 is 2.55 bits per heavy atom. The average Bonchev–Trinajstić information content (AvgIpc) is 3.55. The fourth-order valence-electron chi connectivity index (χ4n) is 7.18. The summed E-state index contributed by atoms with van der Waals surface area (Å²) < 4.78 is 25.9. The summed E-state index contributed by atoms with van der Waals surface area (Å²) in [6.45, 7) is 13.8. The lowest BCUT2D eigenvalue weighted by atomic mass is 9.99. The van der Waals surface area contributed by atoms with Gasteiger partial charge in [-0.1, -0.05) is 36.9 Å². The number of nitrogens with zero attached hydrogens (tertiary/aromatic N) is 7. The highest BCUT2D eigenvalue weighted by molar-refractivity contribution is 5.97. The van der Waals surface area contributed by atoms with Crippen LogP contribution in [0.4, 0.5) is 20.7 Å². The molecule has 3 aliphatic rings. The molecular formula is C37H44FN7O4. The van der Waals surface area contributed by atoms with Crippen LogP contribution in [-0.2, 0) is 22.5 Å². The average molecular weight is 670 g/mol. The van der Waals surface area contributed by atoms with E-state index in [1.165, 1.54) is 21.2 Å². The molecule has 0 unspecified atom stereocenters. The van der Waals surface area contributed by atoms with Gasteiger partial charge in [-0.3, -0.25) is 4.79 Å². The molecule has 258 valence electrons. The minimum atomic E-state index is -1.04. The number of anilines is 2. The van der Waals surface area contributed by atoms with Gasteiger partial charge in [0, 0.05) is 49.4 Å². The maximum atomic E-state index is 13.9. The number of nitriles is 1. The normalized spacial score (nSPS) is 19.4. The van der Waals surface area contributed by atoms with Crippen molar-refractivity contribution < 1.29 is 23.5 Å². The van der Waals surface area contributed by atoms with Crippen LogP contribution in [-0.4, -0.2) is 88.8 Å². The van der Waals surface area contributed by atoms with Gasteiger partial charge in [-0.05, 0) is 64.0 Å². The maximum absolute atomic E-state index is 13.9. The molecule has 0 spiro atoms. The number of piperazine rings is 1. The van der Waals surface area contributed by atoms with Crippen molar-refractivity contribution in [2.45, 2.75) is 77.6 Å². The summed E-state index contributed by atoms with van der Waals surface area (Å²) in [4.78, 5) is 42.9. The number of halogens is 1. The maximum Gasteiger partial charge on any atom is 0.410 e. The van der Waals surface area contributed by atoms with E-state index in [0.717, 1.165) is 36.3 Å². The van der Waals surface area contributed by atoms with Gasteiger partial charge >= 0.3 is 12.1 Å². The molecule has 3 aromatic rings. The van der Waals surface area contributed by atoms with Crippen molar-refractivity contribution >= 4 is 34.3 Å². The van der Waals surface area contributed by atoms with Gasteiger partial charge in [0.05, 0.1) is 36.8 Å². The van der Waals surface area contributed by atoms with Crippen LogP contribution in [0.25, 0.3) is 10.8 Å². The smallest absolute Gasteiger partial charge is 0.410 e. The molecule has 2 fully saturated rings. The summed E-state index contributed by atoms with van der Waals surface area (Å²) in [5, 5.41) is 11.9. The predicted molar refractivity (Wildman–Crippen MR) is 185 cm³/mol. The lowest BCUT2D eigenvalue weighted by molar-refractivity contribution is -0.131. The molecule has 0 aliphatic carbocycles. The molecule has 3 aliphatic heterocycles. The lowest BCUT2D eigenvalue weighted by Gasteiger charge is -2.42. The van der Waals surface area contributed by atoms with Crippen molar-refractivity contribution in [3.05, 3.63) is 65.6 Å². The Kier molecular flexibility index (Phi) is 9.63. The van der Waals surface area contributed by atoms with Gasteiger partial charge in [-0.25, -0.2) is 9.18 Å². The molecule has 0 radical (unpaired) electrons. The molecule has 11 nitrogen and oxygen atoms in total. The number of fused-ring (bicyclic) bond motifs is 2. The van der Waals surface area contributed by atoms with Gasteiger partial charge < -0.3 is 29.1 Å². The monoisotopic (exact) mass is 669 g/mol. The number of hydrogen-bond acceptors (Lipinski definition) is 9. The third-order valence-corrected chi connectivity index (χ3v) is 9.47. The number of ether oxygens (including phenoxy) is 2. The van der Waals surface area contributed by atoms with E-state index in [9.17, 15) is 19.2 Å². The highest BCUT2D eigenvalue weighted by Crippen LogP contribution is 2.36. The fraction of sp³-hybridized carbons (Fsp3) is 0.486. The van der Waals surface area contributed by atoms with Crippen LogP contribution in [0, 0.1) is 18.3 Å². The minimum Gasteiger partial charge on any atom is -0.461 e. The number of aryl methyl sites for hydroxylation is 1. The second-order valence-corrected chi connectivity index (χ2v) is 14.0. The first-order chi connectivity index (χ1) is 23.4. The zero-order chi connectivity index (χ0) is 34.9. The predicted octanol–water partition coefficient (Wildman–Crippen LogP) is 5.69. The first kappa shape index (κ1) is 34.0. The molecule has 0 N–H and O–H groups in total. The topological polar surface area (TPSA) is 115 Å². The number of aromatic nitrogens is 2. The summed E-state index contributed by atoms with van der Waals surface area (Å²) in [5.41, 5.74) is 3.55. The van der Waals surface area contributed by atoms with Gasteiger partial charge in [-0.15, -0.1) is 0 Å². The highest BCUT2D eigenvalue weighted by atomic mass is 19.1. The van der Waals surface area contributed by atoms with Crippen LogP contribution in [0.1, 0.15) is 56.9 Å². The van der Waals surface area contributed by atoms with Crippen LogP contribution < -0.4 is 14.5 Å². The SMILES string of the molecule is C=C(F)C(=O)N1CCN(c2nc(OC[C@@H]3CCCN3C(=O)OC(C)(C)C)nc3c2CCN(c2cccc4cccc(C)c24)C3)C[C@@H]1CC#N. The van der Waals surface area contributed by atoms with Gasteiger partial charge in [0.2, 0.25) is 0 Å². The Hall–Kier alpha value is -4.92. The zero-order valence-corrected chi connectivity index (χ0v) is 28.7. The van der Waals surface area contributed by atoms with Crippen LogP contribution >= 0.6 is 0 Å². The molecule has 4 heterocycles. The molecule has 2 aromatic carbocycles. The summed E-state index contributed by atoms with van der Waals surface area (Å²) in [6.07, 6.45) is 1.97. The van der Waals surface area contributed by atoms with Crippen molar-refractivity contribution in [1.29, 1.82) is 5.26 Å². The van der Waals surface area contributed by atoms with Crippen molar-refractivity contribution in [2.75, 3.05) is 49.1 Å². The lowest BCUT2D eigenvalue weighted by Crippen LogP contribution is -2.55. The molecule has 2 atom stereocenters. The highest BCUT2D eigenvalue weighted by Gasteiger charge is 2.36. The van der Waals surface area contributed by atoms with E-state index in [1.807, 2.05) is 20.8 Å². The standard InChI is InChI=1S/C37H44FN7O4/c1-24-9-6-10-26-11-7-13-31(32(24)26)42-18-15-29-30(22-42)40-35(48-23-28-12-8-17-45(28)36(47)49-37(3,4)5)41-33(29)43-19-20-44(34(46)25(2)38)27(21-43)14-16-39/h6-7,9-11,13,27-28H,2,8,12,14-15,17-23H2,1,3-5H3/t27-,28-/m0/s1. The number of hydrogen-bond donors (Lipinski definition) is 0. The van der Waals surface area contributed by atoms with Crippen molar-refractivity contribution in [3.8, 4) is 12.1 Å². The van der Waals surface area contributed by atoms with Gasteiger partial charge in [0.25, 0.3) is 5.91 Å². The number of likely N-dealkylation sites (tertiary alicyclic amines) is 1. The van der Waals surface area contributed by atoms with E-state index in [4.69, 9.17) is 19.4 Å². The number of amides is 2. The third kappa shape index (κ3) is 7.26. The van der Waals surface area contributed by atoms with Gasteiger partial charge in [-0.2, -0.15) is 15.2 Å². The fourth-order valence-corrected chi connectivity index (χ4v) is 7.18. The quantitative estimate of drug-likeness (QED) is 0.293. The first-order valence-electron chi connectivity index (χ1n) is 17.0. The molecule has 6 rings (SSSR count). The molecule has 1 aromatic heterocycles. The molecule has 49 heavy (non-hydrogen) atoms. The Balaban J connectivity index is 1.32. The van der Waals surface area contributed by atoms with Gasteiger partial charge in [0.15, 0.2) is 5.83 Å². The number of carbonyl (C=O) groups excluding carboxylic acids is 2. The van der Waals surface area contributed by atoms with Crippen LogP contribution in [0.2, 0.25) is 0 Å². The zero-order valence-electron chi connectivity index (χ0n) is 28.7. The molecule has 2 amide bonds. The van der Waals surface area contributed by atoms with E-state index in [1.54, 1.807) is 4.90 Å². The molecule has 0 saturated carbocycles. The number of rotatable bonds is 7. The Morgan fingerprint density at radius 1 is 1.04 bits per heavy atom. The summed E-state index contributed by atoms with van der Waals surface area (Å²) in [6, 6.07) is 14.3. The van der Waals surface area contributed by atoms with Gasteiger partial charge in [0.1, 0.15) is 18.0 Å². The minimum absolute atomic E-state index is 0.0442. The molecule has 12 heteroatoms. The summed E-state index contributed by atoms with van der Waals surface area (Å²) in [5.74, 6) is -1.14. The second kappa shape index (κ2) is 13.9.